The van der Waals surface area contributed by atoms with Crippen molar-refractivity contribution >= 4 is 11.8 Å². The molecule has 1 atom stereocenters. The second-order valence-electron chi connectivity index (χ2n) is 4.59. The van der Waals surface area contributed by atoms with Gasteiger partial charge in [0.15, 0.2) is 0 Å². The van der Waals surface area contributed by atoms with Gasteiger partial charge in [-0.3, -0.25) is 9.59 Å². The molecule has 0 bridgehead atoms. The second kappa shape index (κ2) is 4.82. The Bertz CT molecular complexity index is 289. The molecule has 5 heteroatoms. The summed E-state index contributed by atoms with van der Waals surface area (Å²) in [6.07, 6.45) is 4.00. The zero-order chi connectivity index (χ0) is 11.5. The van der Waals surface area contributed by atoms with E-state index in [-0.39, 0.29) is 24.4 Å². The molecule has 0 aromatic carbocycles. The zero-order valence-electron chi connectivity index (χ0n) is 9.66. The Hall–Kier alpha value is -1.10. The van der Waals surface area contributed by atoms with Crippen molar-refractivity contribution in [3.8, 4) is 0 Å². The largest absolute Gasteiger partial charge is 0.352 e. The minimum absolute atomic E-state index is 0.0207. The first-order valence-corrected chi connectivity index (χ1v) is 5.96. The molecule has 1 heterocycles. The molecule has 0 aromatic rings. The SMILES string of the molecule is CNC1CCCN(CC(=O)NC2CC2)C1=O. The topological polar surface area (TPSA) is 61.4 Å². The number of carbonyl (C=O) groups excluding carboxylic acids is 2. The van der Waals surface area contributed by atoms with Crippen LogP contribution in [0.25, 0.3) is 0 Å². The molecule has 1 saturated heterocycles. The smallest absolute Gasteiger partial charge is 0.240 e. The molecule has 2 aliphatic rings. The molecule has 2 amide bonds. The van der Waals surface area contributed by atoms with Crippen molar-refractivity contribution < 1.29 is 9.59 Å². The summed E-state index contributed by atoms with van der Waals surface area (Å²) in [6.45, 7) is 0.919. The molecule has 0 radical (unpaired) electrons. The predicted octanol–water partition coefficient (Wildman–Crippen LogP) is -0.525. The van der Waals surface area contributed by atoms with Crippen LogP contribution in [0.4, 0.5) is 0 Å². The van der Waals surface area contributed by atoms with E-state index < -0.39 is 0 Å². The summed E-state index contributed by atoms with van der Waals surface area (Å²) in [5, 5.41) is 5.89. The third-order valence-electron chi connectivity index (χ3n) is 3.16. The van der Waals surface area contributed by atoms with E-state index in [0.717, 1.165) is 25.7 Å². The zero-order valence-corrected chi connectivity index (χ0v) is 9.66. The molecule has 1 saturated carbocycles. The van der Waals surface area contributed by atoms with E-state index in [0.29, 0.717) is 12.6 Å². The van der Waals surface area contributed by atoms with Gasteiger partial charge in [-0.05, 0) is 32.7 Å². The number of piperidine rings is 1. The van der Waals surface area contributed by atoms with Gasteiger partial charge in [-0.25, -0.2) is 0 Å². The highest BCUT2D eigenvalue weighted by atomic mass is 16.2. The van der Waals surface area contributed by atoms with Crippen LogP contribution < -0.4 is 10.6 Å². The summed E-state index contributed by atoms with van der Waals surface area (Å²) in [7, 11) is 1.79. The number of rotatable bonds is 4. The number of amides is 2. The molecule has 2 fully saturated rings. The van der Waals surface area contributed by atoms with Crippen molar-refractivity contribution in [3.05, 3.63) is 0 Å². The van der Waals surface area contributed by atoms with E-state index in [1.165, 1.54) is 0 Å². The van der Waals surface area contributed by atoms with E-state index >= 15 is 0 Å². The van der Waals surface area contributed by atoms with Crippen LogP contribution in [0.3, 0.4) is 0 Å². The van der Waals surface area contributed by atoms with Crippen LogP contribution in [-0.2, 0) is 9.59 Å². The third kappa shape index (κ3) is 2.72. The monoisotopic (exact) mass is 225 g/mol. The molecule has 2 rings (SSSR count). The summed E-state index contributed by atoms with van der Waals surface area (Å²) in [5.74, 6) is 0.0345. The Morgan fingerprint density at radius 3 is 2.81 bits per heavy atom. The fourth-order valence-corrected chi connectivity index (χ4v) is 2.04. The van der Waals surface area contributed by atoms with E-state index in [4.69, 9.17) is 0 Å². The fraction of sp³-hybridized carbons (Fsp3) is 0.818. The van der Waals surface area contributed by atoms with E-state index in [1.807, 2.05) is 0 Å². The summed E-state index contributed by atoms with van der Waals surface area (Å²) < 4.78 is 0. The van der Waals surface area contributed by atoms with Gasteiger partial charge in [0.25, 0.3) is 0 Å². The van der Waals surface area contributed by atoms with Gasteiger partial charge in [0.1, 0.15) is 0 Å². The van der Waals surface area contributed by atoms with Gasteiger partial charge in [-0.15, -0.1) is 0 Å². The number of hydrogen-bond acceptors (Lipinski definition) is 3. The first-order valence-electron chi connectivity index (χ1n) is 5.96. The van der Waals surface area contributed by atoms with Crippen molar-refractivity contribution in [2.45, 2.75) is 37.8 Å². The van der Waals surface area contributed by atoms with Crippen LogP contribution in [0, 0.1) is 0 Å². The van der Waals surface area contributed by atoms with Gasteiger partial charge in [0.05, 0.1) is 12.6 Å². The quantitative estimate of drug-likeness (QED) is 0.676. The standard InChI is InChI=1S/C11H19N3O2/c1-12-9-3-2-6-14(11(9)16)7-10(15)13-8-4-5-8/h8-9,12H,2-7H2,1H3,(H,13,15). The normalized spacial score (nSPS) is 25.7. The number of likely N-dealkylation sites (N-methyl/N-ethyl adjacent to an activating group) is 1. The highest BCUT2D eigenvalue weighted by Gasteiger charge is 2.30. The summed E-state index contributed by atoms with van der Waals surface area (Å²) in [5.41, 5.74) is 0. The van der Waals surface area contributed by atoms with Crippen molar-refractivity contribution in [2.75, 3.05) is 20.1 Å². The Morgan fingerprint density at radius 1 is 1.44 bits per heavy atom. The molecule has 0 aromatic heterocycles. The van der Waals surface area contributed by atoms with Crippen LogP contribution in [0.5, 0.6) is 0 Å². The minimum atomic E-state index is -0.109. The van der Waals surface area contributed by atoms with E-state index in [2.05, 4.69) is 10.6 Å². The van der Waals surface area contributed by atoms with Gasteiger partial charge in [-0.1, -0.05) is 0 Å². The lowest BCUT2D eigenvalue weighted by Crippen LogP contribution is -2.52. The first-order chi connectivity index (χ1) is 7.70. The average Bonchev–Trinajstić information content (AvgIpc) is 3.05. The van der Waals surface area contributed by atoms with E-state index in [1.54, 1.807) is 11.9 Å². The van der Waals surface area contributed by atoms with Gasteiger partial charge in [0.2, 0.25) is 11.8 Å². The van der Waals surface area contributed by atoms with Gasteiger partial charge >= 0.3 is 0 Å². The minimum Gasteiger partial charge on any atom is -0.352 e. The van der Waals surface area contributed by atoms with Crippen molar-refractivity contribution in [2.24, 2.45) is 0 Å². The van der Waals surface area contributed by atoms with Crippen LogP contribution in [0.1, 0.15) is 25.7 Å². The van der Waals surface area contributed by atoms with Crippen LogP contribution in [0.15, 0.2) is 0 Å². The van der Waals surface area contributed by atoms with Crippen LogP contribution in [0.2, 0.25) is 0 Å². The number of likely N-dealkylation sites (tertiary alicyclic amines) is 1. The van der Waals surface area contributed by atoms with Gasteiger partial charge in [0, 0.05) is 12.6 Å². The fourth-order valence-electron chi connectivity index (χ4n) is 2.04. The molecule has 5 nitrogen and oxygen atoms in total. The molecule has 2 N–H and O–H groups in total. The van der Waals surface area contributed by atoms with Gasteiger partial charge in [-0.2, -0.15) is 0 Å². The Balaban J connectivity index is 1.82. The maximum absolute atomic E-state index is 11.9. The van der Waals surface area contributed by atoms with Crippen LogP contribution >= 0.6 is 0 Å². The molecule has 90 valence electrons. The number of nitrogens with one attached hydrogen (secondary N) is 2. The highest BCUT2D eigenvalue weighted by Crippen LogP contribution is 2.18. The lowest BCUT2D eigenvalue weighted by molar-refractivity contribution is -0.139. The molecule has 1 aliphatic carbocycles. The lowest BCUT2D eigenvalue weighted by atomic mass is 10.1. The highest BCUT2D eigenvalue weighted by molar-refractivity contribution is 5.88. The first kappa shape index (κ1) is 11.4. The predicted molar refractivity (Wildman–Crippen MR) is 59.8 cm³/mol. The number of carbonyl (C=O) groups is 2. The molecule has 0 spiro atoms. The number of hydrogen-bond donors (Lipinski definition) is 2. The summed E-state index contributed by atoms with van der Waals surface area (Å²) in [6, 6.07) is 0.259. The molecule has 1 aliphatic heterocycles. The maximum Gasteiger partial charge on any atom is 0.240 e. The Kier molecular flexibility index (Phi) is 3.43. The maximum atomic E-state index is 11.9. The molecular weight excluding hydrogens is 206 g/mol. The van der Waals surface area contributed by atoms with E-state index in [9.17, 15) is 9.59 Å². The van der Waals surface area contributed by atoms with Crippen molar-refractivity contribution in [1.29, 1.82) is 0 Å². The summed E-state index contributed by atoms with van der Waals surface area (Å²) >= 11 is 0. The van der Waals surface area contributed by atoms with Gasteiger partial charge < -0.3 is 15.5 Å². The Labute approximate surface area is 95.6 Å². The Morgan fingerprint density at radius 2 is 2.19 bits per heavy atom. The third-order valence-corrected chi connectivity index (χ3v) is 3.16. The summed E-state index contributed by atoms with van der Waals surface area (Å²) in [4.78, 5) is 25.1. The van der Waals surface area contributed by atoms with Crippen molar-refractivity contribution in [1.82, 2.24) is 15.5 Å². The molecule has 1 unspecified atom stereocenters. The lowest BCUT2D eigenvalue weighted by Gasteiger charge is -2.31. The van der Waals surface area contributed by atoms with Crippen LogP contribution in [-0.4, -0.2) is 48.9 Å². The number of nitrogens with zero attached hydrogens (tertiary/aromatic N) is 1. The average molecular weight is 225 g/mol. The molecular formula is C11H19N3O2. The second-order valence-corrected chi connectivity index (χ2v) is 4.59. The van der Waals surface area contributed by atoms with Crippen molar-refractivity contribution in [3.63, 3.8) is 0 Å². The molecule has 16 heavy (non-hydrogen) atoms.